The first-order valence-electron chi connectivity index (χ1n) is 6.60. The van der Waals surface area contributed by atoms with E-state index in [1.807, 2.05) is 45.7 Å². The molecule has 0 aromatic rings. The fourth-order valence-corrected chi connectivity index (χ4v) is 1.79. The minimum absolute atomic E-state index is 0.120. The summed E-state index contributed by atoms with van der Waals surface area (Å²) in [6.45, 7) is 7.95. The van der Waals surface area contributed by atoms with Crippen molar-refractivity contribution in [2.75, 3.05) is 14.1 Å². The molecule has 0 fully saturated rings. The van der Waals surface area contributed by atoms with Crippen molar-refractivity contribution >= 4 is 11.6 Å². The molecule has 0 radical (unpaired) electrons. The number of carbonyl (C=O) groups is 1. The molecule has 5 nitrogen and oxygen atoms in total. The van der Waals surface area contributed by atoms with E-state index in [9.17, 15) is 4.79 Å². The molecule has 0 aliphatic carbocycles. The summed E-state index contributed by atoms with van der Waals surface area (Å²) < 4.78 is 0. The highest BCUT2D eigenvalue weighted by Gasteiger charge is 2.21. The minimum Gasteiger partial charge on any atom is -0.381 e. The smallest absolute Gasteiger partial charge is 0.271 e. The summed E-state index contributed by atoms with van der Waals surface area (Å²) in [4.78, 5) is 18.6. The van der Waals surface area contributed by atoms with Gasteiger partial charge in [-0.05, 0) is 33.3 Å². The molecule has 0 saturated heterocycles. The van der Waals surface area contributed by atoms with Gasteiger partial charge in [-0.25, -0.2) is 4.99 Å². The Labute approximate surface area is 115 Å². The average molecular weight is 264 g/mol. The Bertz CT molecular complexity index is 448. The second-order valence-corrected chi connectivity index (χ2v) is 4.83. The molecule has 1 amide bonds. The molecular formula is C14H24N4O. The van der Waals surface area contributed by atoms with Gasteiger partial charge in [0.25, 0.3) is 5.91 Å². The van der Waals surface area contributed by atoms with Crippen LogP contribution in [0.5, 0.6) is 0 Å². The summed E-state index contributed by atoms with van der Waals surface area (Å²) in [7, 11) is 3.65. The van der Waals surface area contributed by atoms with Gasteiger partial charge in [-0.3, -0.25) is 4.79 Å². The lowest BCUT2D eigenvalue weighted by Crippen LogP contribution is -2.38. The number of likely N-dealkylation sites (N-methyl/N-ethyl adjacent to an activating group) is 1. The number of carbonyl (C=O) groups excluding carboxylic acids is 1. The predicted molar refractivity (Wildman–Crippen MR) is 78.6 cm³/mol. The predicted octanol–water partition coefficient (Wildman–Crippen LogP) is 1.60. The lowest BCUT2D eigenvalue weighted by molar-refractivity contribution is -0.118. The van der Waals surface area contributed by atoms with Gasteiger partial charge in [0.05, 0.1) is 0 Å². The molecule has 1 atom stereocenters. The van der Waals surface area contributed by atoms with Crippen molar-refractivity contribution in [3.63, 3.8) is 0 Å². The minimum atomic E-state index is -0.120. The average Bonchev–Trinajstić information content (AvgIpc) is 2.35. The zero-order valence-corrected chi connectivity index (χ0v) is 12.7. The van der Waals surface area contributed by atoms with E-state index in [1.165, 1.54) is 0 Å². The highest BCUT2D eigenvalue weighted by molar-refractivity contribution is 5.97. The lowest BCUT2D eigenvalue weighted by Gasteiger charge is -2.27. The van der Waals surface area contributed by atoms with E-state index in [2.05, 4.69) is 15.6 Å². The third-order valence-corrected chi connectivity index (χ3v) is 3.24. The number of nitrogens with zero attached hydrogens (tertiary/aromatic N) is 2. The van der Waals surface area contributed by atoms with Gasteiger partial charge < -0.3 is 15.5 Å². The van der Waals surface area contributed by atoms with Crippen molar-refractivity contribution in [2.24, 2.45) is 4.99 Å². The summed E-state index contributed by atoms with van der Waals surface area (Å²) in [6.07, 6.45) is 2.89. The number of hydrogen-bond acceptors (Lipinski definition) is 4. The van der Waals surface area contributed by atoms with E-state index in [-0.39, 0.29) is 11.9 Å². The van der Waals surface area contributed by atoms with Crippen LogP contribution in [-0.2, 0) is 4.79 Å². The van der Waals surface area contributed by atoms with Crippen molar-refractivity contribution in [2.45, 2.75) is 40.2 Å². The zero-order chi connectivity index (χ0) is 14.6. The van der Waals surface area contributed by atoms with Crippen LogP contribution in [0.25, 0.3) is 0 Å². The zero-order valence-electron chi connectivity index (χ0n) is 12.7. The van der Waals surface area contributed by atoms with Crippen LogP contribution in [0, 0.1) is 0 Å². The number of allylic oxidation sites excluding steroid dienone is 2. The quantitative estimate of drug-likeness (QED) is 0.758. The molecule has 106 valence electrons. The van der Waals surface area contributed by atoms with Crippen molar-refractivity contribution in [3.05, 3.63) is 23.3 Å². The Kier molecular flexibility index (Phi) is 5.15. The summed E-state index contributed by atoms with van der Waals surface area (Å²) in [5.41, 5.74) is 2.45. The molecular weight excluding hydrogens is 240 g/mol. The molecule has 2 N–H and O–H groups in total. The van der Waals surface area contributed by atoms with Gasteiger partial charge in [0, 0.05) is 31.5 Å². The SMILES string of the molecule is CC[C@@H](C)NC(=O)/C(NC)=C1\N=C(C)C=C(C)N1C. The first kappa shape index (κ1) is 15.3. The first-order chi connectivity index (χ1) is 8.90. The Morgan fingerprint density at radius 2 is 2.11 bits per heavy atom. The van der Waals surface area contributed by atoms with Gasteiger partial charge in [-0.1, -0.05) is 6.92 Å². The highest BCUT2D eigenvalue weighted by Crippen LogP contribution is 2.19. The van der Waals surface area contributed by atoms with Gasteiger partial charge in [-0.2, -0.15) is 0 Å². The molecule has 0 bridgehead atoms. The summed E-state index contributed by atoms with van der Waals surface area (Å²) in [6, 6.07) is 0.145. The number of hydrogen-bond donors (Lipinski definition) is 2. The summed E-state index contributed by atoms with van der Waals surface area (Å²) in [5.74, 6) is 0.533. The number of amides is 1. The lowest BCUT2D eigenvalue weighted by atomic mass is 10.2. The van der Waals surface area contributed by atoms with E-state index in [0.717, 1.165) is 17.8 Å². The fraction of sp³-hybridized carbons (Fsp3) is 0.571. The molecule has 0 unspecified atom stereocenters. The van der Waals surface area contributed by atoms with Gasteiger partial charge in [0.2, 0.25) is 0 Å². The topological polar surface area (TPSA) is 56.7 Å². The normalized spacial score (nSPS) is 19.4. The maximum atomic E-state index is 12.3. The molecule has 0 aromatic carbocycles. The van der Waals surface area contributed by atoms with Crippen LogP contribution in [-0.4, -0.2) is 36.7 Å². The third-order valence-electron chi connectivity index (χ3n) is 3.24. The van der Waals surface area contributed by atoms with Crippen LogP contribution < -0.4 is 10.6 Å². The van der Waals surface area contributed by atoms with Crippen molar-refractivity contribution in [3.8, 4) is 0 Å². The first-order valence-corrected chi connectivity index (χ1v) is 6.60. The molecule has 1 aliphatic heterocycles. The van der Waals surface area contributed by atoms with Crippen LogP contribution >= 0.6 is 0 Å². The highest BCUT2D eigenvalue weighted by atomic mass is 16.2. The third kappa shape index (κ3) is 3.59. The standard InChI is InChI=1S/C14H24N4O/c1-7-9(2)17-14(19)12(15-5)13-16-10(3)8-11(4)18(13)6/h8-9,15H,7H2,1-6H3,(H,17,19)/b13-12-/t9-/m1/s1. The van der Waals surface area contributed by atoms with E-state index >= 15 is 0 Å². The van der Waals surface area contributed by atoms with Crippen LogP contribution in [0.3, 0.4) is 0 Å². The van der Waals surface area contributed by atoms with E-state index < -0.39 is 0 Å². The second kappa shape index (κ2) is 6.41. The summed E-state index contributed by atoms with van der Waals surface area (Å²) in [5, 5.41) is 5.92. The van der Waals surface area contributed by atoms with E-state index in [1.54, 1.807) is 7.05 Å². The monoisotopic (exact) mass is 264 g/mol. The fourth-order valence-electron chi connectivity index (χ4n) is 1.79. The Morgan fingerprint density at radius 1 is 1.47 bits per heavy atom. The molecule has 1 rings (SSSR count). The maximum absolute atomic E-state index is 12.3. The van der Waals surface area contributed by atoms with Crippen LogP contribution in [0.1, 0.15) is 34.1 Å². The van der Waals surface area contributed by atoms with Gasteiger partial charge in [0.15, 0.2) is 5.82 Å². The molecule has 0 aromatic heterocycles. The number of nitrogens with one attached hydrogen (secondary N) is 2. The largest absolute Gasteiger partial charge is 0.381 e. The maximum Gasteiger partial charge on any atom is 0.271 e. The molecule has 0 saturated carbocycles. The van der Waals surface area contributed by atoms with E-state index in [4.69, 9.17) is 0 Å². The molecule has 0 spiro atoms. The second-order valence-electron chi connectivity index (χ2n) is 4.83. The summed E-state index contributed by atoms with van der Waals surface area (Å²) >= 11 is 0. The molecule has 19 heavy (non-hydrogen) atoms. The van der Waals surface area contributed by atoms with E-state index in [0.29, 0.717) is 11.5 Å². The number of aliphatic imine (C=N–C) groups is 1. The Balaban J connectivity index is 3.09. The van der Waals surface area contributed by atoms with Crippen molar-refractivity contribution < 1.29 is 4.79 Å². The molecule has 5 heteroatoms. The Hall–Kier alpha value is -1.78. The molecule has 1 heterocycles. The van der Waals surface area contributed by atoms with Crippen molar-refractivity contribution in [1.82, 2.24) is 15.5 Å². The number of rotatable bonds is 4. The van der Waals surface area contributed by atoms with Crippen molar-refractivity contribution in [1.29, 1.82) is 0 Å². The van der Waals surface area contributed by atoms with Crippen LogP contribution in [0.15, 0.2) is 28.3 Å². The molecule has 1 aliphatic rings. The van der Waals surface area contributed by atoms with Gasteiger partial charge in [-0.15, -0.1) is 0 Å². The van der Waals surface area contributed by atoms with Crippen LogP contribution in [0.4, 0.5) is 0 Å². The van der Waals surface area contributed by atoms with Gasteiger partial charge in [0.1, 0.15) is 5.70 Å². The van der Waals surface area contributed by atoms with Crippen LogP contribution in [0.2, 0.25) is 0 Å². The Morgan fingerprint density at radius 3 is 2.63 bits per heavy atom. The van der Waals surface area contributed by atoms with Gasteiger partial charge >= 0.3 is 0 Å².